The van der Waals surface area contributed by atoms with Crippen LogP contribution in [0.4, 0.5) is 0 Å². The third kappa shape index (κ3) is 3.54. The number of aryl methyl sites for hydroxylation is 3. The van der Waals surface area contributed by atoms with E-state index >= 15 is 0 Å². The lowest BCUT2D eigenvalue weighted by Gasteiger charge is -2.02. The molecule has 0 fully saturated rings. The fourth-order valence-electron chi connectivity index (χ4n) is 1.90. The lowest BCUT2D eigenvalue weighted by Crippen LogP contribution is -2.17. The highest BCUT2D eigenvalue weighted by atomic mass is 16.2. The second-order valence-electron chi connectivity index (χ2n) is 4.93. The van der Waals surface area contributed by atoms with Gasteiger partial charge < -0.3 is 0 Å². The Morgan fingerprint density at radius 1 is 1.00 bits per heavy atom. The Hall–Kier alpha value is -2.42. The van der Waals surface area contributed by atoms with E-state index in [0.717, 1.165) is 16.7 Å². The molecule has 2 rings (SSSR count). The predicted molar refractivity (Wildman–Crippen MR) is 82.2 cm³/mol. The Labute approximate surface area is 119 Å². The van der Waals surface area contributed by atoms with Crippen LogP contribution in [0.25, 0.3) is 0 Å². The molecule has 0 aliphatic rings. The molecule has 1 N–H and O–H groups in total. The minimum absolute atomic E-state index is 0.203. The number of rotatable bonds is 3. The van der Waals surface area contributed by atoms with Crippen molar-refractivity contribution in [3.05, 3.63) is 70.3 Å². The van der Waals surface area contributed by atoms with Crippen molar-refractivity contribution in [2.24, 2.45) is 5.10 Å². The van der Waals surface area contributed by atoms with E-state index in [1.807, 2.05) is 45.0 Å². The topological polar surface area (TPSA) is 41.5 Å². The van der Waals surface area contributed by atoms with Crippen LogP contribution in [0.2, 0.25) is 0 Å². The summed E-state index contributed by atoms with van der Waals surface area (Å²) >= 11 is 0. The normalized spacial score (nSPS) is 10.8. The van der Waals surface area contributed by atoms with Crippen LogP contribution in [-0.2, 0) is 0 Å². The van der Waals surface area contributed by atoms with Crippen LogP contribution in [0.15, 0.2) is 47.6 Å². The molecule has 0 unspecified atom stereocenters. The van der Waals surface area contributed by atoms with E-state index in [1.165, 1.54) is 5.56 Å². The Morgan fingerprint density at radius 3 is 2.30 bits per heavy atom. The van der Waals surface area contributed by atoms with Crippen molar-refractivity contribution in [1.82, 2.24) is 5.43 Å². The van der Waals surface area contributed by atoms with Gasteiger partial charge in [0.25, 0.3) is 5.91 Å². The second kappa shape index (κ2) is 6.15. The van der Waals surface area contributed by atoms with Crippen molar-refractivity contribution in [2.45, 2.75) is 20.8 Å². The van der Waals surface area contributed by atoms with Gasteiger partial charge in [-0.25, -0.2) is 5.43 Å². The van der Waals surface area contributed by atoms with Gasteiger partial charge in [0.2, 0.25) is 0 Å². The monoisotopic (exact) mass is 266 g/mol. The largest absolute Gasteiger partial charge is 0.271 e. The summed E-state index contributed by atoms with van der Waals surface area (Å²) in [5.74, 6) is -0.203. The van der Waals surface area contributed by atoms with Crippen LogP contribution in [0.5, 0.6) is 0 Å². The number of carbonyl (C=O) groups excluding carboxylic acids is 1. The highest BCUT2D eigenvalue weighted by Gasteiger charge is 2.02. The van der Waals surface area contributed by atoms with Crippen molar-refractivity contribution < 1.29 is 4.79 Å². The number of nitrogens with one attached hydrogen (secondary N) is 1. The fraction of sp³-hybridized carbons (Fsp3) is 0.176. The summed E-state index contributed by atoms with van der Waals surface area (Å²) < 4.78 is 0. The van der Waals surface area contributed by atoms with Crippen molar-refractivity contribution in [3.63, 3.8) is 0 Å². The molecule has 0 aliphatic heterocycles. The summed E-state index contributed by atoms with van der Waals surface area (Å²) in [7, 11) is 0. The Bertz CT molecular complexity index is 643. The Balaban J connectivity index is 2.02. The number of hydrogen-bond acceptors (Lipinski definition) is 2. The SMILES string of the molecule is Cc1ccc(C(=O)N/N=C\c2ccc(C)cc2C)cc1. The average molecular weight is 266 g/mol. The van der Waals surface area contributed by atoms with E-state index in [1.54, 1.807) is 18.3 Å². The number of hydrazone groups is 1. The number of amides is 1. The molecule has 0 saturated carbocycles. The van der Waals surface area contributed by atoms with E-state index in [9.17, 15) is 4.79 Å². The molecule has 20 heavy (non-hydrogen) atoms. The predicted octanol–water partition coefficient (Wildman–Crippen LogP) is 3.38. The molecule has 0 spiro atoms. The molecule has 3 nitrogen and oxygen atoms in total. The molecule has 102 valence electrons. The molecule has 0 radical (unpaired) electrons. The second-order valence-corrected chi connectivity index (χ2v) is 4.93. The molecular weight excluding hydrogens is 248 g/mol. The van der Waals surface area contributed by atoms with Crippen LogP contribution >= 0.6 is 0 Å². The summed E-state index contributed by atoms with van der Waals surface area (Å²) in [4.78, 5) is 11.9. The molecule has 0 saturated heterocycles. The standard InChI is InChI=1S/C17H18N2O/c1-12-4-7-15(8-5-12)17(20)19-18-11-16-9-6-13(2)10-14(16)3/h4-11H,1-3H3,(H,19,20)/b18-11-. The lowest BCUT2D eigenvalue weighted by atomic mass is 10.1. The maximum absolute atomic E-state index is 11.9. The van der Waals surface area contributed by atoms with E-state index < -0.39 is 0 Å². The highest BCUT2D eigenvalue weighted by molar-refractivity contribution is 5.95. The van der Waals surface area contributed by atoms with Gasteiger partial charge in [0, 0.05) is 5.56 Å². The van der Waals surface area contributed by atoms with Gasteiger partial charge in [-0.05, 0) is 44.0 Å². The van der Waals surface area contributed by atoms with Crippen LogP contribution in [0.3, 0.4) is 0 Å². The maximum Gasteiger partial charge on any atom is 0.271 e. The summed E-state index contributed by atoms with van der Waals surface area (Å²) in [6.45, 7) is 6.06. The summed E-state index contributed by atoms with van der Waals surface area (Å²) in [6, 6.07) is 13.5. The van der Waals surface area contributed by atoms with Gasteiger partial charge in [-0.1, -0.05) is 41.5 Å². The first-order valence-electron chi connectivity index (χ1n) is 6.53. The van der Waals surface area contributed by atoms with Gasteiger partial charge in [0.1, 0.15) is 0 Å². The number of carbonyl (C=O) groups is 1. The van der Waals surface area contributed by atoms with Gasteiger partial charge in [0.15, 0.2) is 0 Å². The van der Waals surface area contributed by atoms with Gasteiger partial charge in [-0.2, -0.15) is 5.10 Å². The molecule has 0 bridgehead atoms. The van der Waals surface area contributed by atoms with Crippen molar-refractivity contribution in [3.8, 4) is 0 Å². The third-order valence-electron chi connectivity index (χ3n) is 3.11. The first-order valence-corrected chi connectivity index (χ1v) is 6.53. The molecule has 1 amide bonds. The highest BCUT2D eigenvalue weighted by Crippen LogP contribution is 2.08. The zero-order valence-electron chi connectivity index (χ0n) is 12.0. The zero-order chi connectivity index (χ0) is 14.5. The summed E-state index contributed by atoms with van der Waals surface area (Å²) in [6.07, 6.45) is 1.67. The number of benzene rings is 2. The maximum atomic E-state index is 11.9. The molecule has 0 heterocycles. The average Bonchev–Trinajstić information content (AvgIpc) is 2.42. The van der Waals surface area contributed by atoms with Gasteiger partial charge in [-0.15, -0.1) is 0 Å². The van der Waals surface area contributed by atoms with E-state index in [0.29, 0.717) is 5.56 Å². The molecule has 0 aromatic heterocycles. The number of hydrogen-bond donors (Lipinski definition) is 1. The minimum atomic E-state index is -0.203. The van der Waals surface area contributed by atoms with E-state index in [-0.39, 0.29) is 5.91 Å². The van der Waals surface area contributed by atoms with Gasteiger partial charge >= 0.3 is 0 Å². The minimum Gasteiger partial charge on any atom is -0.267 e. The Morgan fingerprint density at radius 2 is 1.65 bits per heavy atom. The van der Waals surface area contributed by atoms with Crippen LogP contribution in [0.1, 0.15) is 32.6 Å². The van der Waals surface area contributed by atoms with Crippen molar-refractivity contribution in [2.75, 3.05) is 0 Å². The van der Waals surface area contributed by atoms with Crippen molar-refractivity contribution >= 4 is 12.1 Å². The molecule has 2 aromatic carbocycles. The molecule has 0 aliphatic carbocycles. The Kier molecular flexibility index (Phi) is 4.31. The lowest BCUT2D eigenvalue weighted by molar-refractivity contribution is 0.0955. The van der Waals surface area contributed by atoms with Crippen LogP contribution in [-0.4, -0.2) is 12.1 Å². The third-order valence-corrected chi connectivity index (χ3v) is 3.11. The zero-order valence-corrected chi connectivity index (χ0v) is 12.0. The van der Waals surface area contributed by atoms with E-state index in [4.69, 9.17) is 0 Å². The summed E-state index contributed by atoms with van der Waals surface area (Å²) in [5, 5.41) is 4.01. The van der Waals surface area contributed by atoms with Gasteiger partial charge in [0.05, 0.1) is 6.21 Å². The molecular formula is C17H18N2O. The first kappa shape index (κ1) is 14.0. The quantitative estimate of drug-likeness (QED) is 0.671. The smallest absolute Gasteiger partial charge is 0.267 e. The summed E-state index contributed by atoms with van der Waals surface area (Å²) in [5.41, 5.74) is 7.62. The van der Waals surface area contributed by atoms with Crippen molar-refractivity contribution in [1.29, 1.82) is 0 Å². The fourth-order valence-corrected chi connectivity index (χ4v) is 1.90. The first-order chi connectivity index (χ1) is 9.56. The molecule has 0 atom stereocenters. The van der Waals surface area contributed by atoms with Crippen LogP contribution in [0, 0.1) is 20.8 Å². The molecule has 3 heteroatoms. The van der Waals surface area contributed by atoms with Crippen LogP contribution < -0.4 is 5.43 Å². The number of nitrogens with zero attached hydrogens (tertiary/aromatic N) is 1. The molecule has 2 aromatic rings. The van der Waals surface area contributed by atoms with Gasteiger partial charge in [-0.3, -0.25) is 4.79 Å². The van der Waals surface area contributed by atoms with E-state index in [2.05, 4.69) is 16.6 Å².